The number of rotatable bonds is 3. The first-order valence-electron chi connectivity index (χ1n) is 8.82. The predicted molar refractivity (Wildman–Crippen MR) is 96.6 cm³/mol. The molecule has 2 aliphatic heterocycles. The molecular formula is C20H23N3O2. The molecule has 5 nitrogen and oxygen atoms in total. The number of aromatic nitrogens is 1. The Bertz CT molecular complexity index is 859. The van der Waals surface area contributed by atoms with Gasteiger partial charge < -0.3 is 9.88 Å². The Labute approximate surface area is 147 Å². The highest BCUT2D eigenvalue weighted by Crippen LogP contribution is 2.32. The third kappa shape index (κ3) is 2.89. The Morgan fingerprint density at radius 3 is 2.56 bits per heavy atom. The van der Waals surface area contributed by atoms with Crippen molar-refractivity contribution in [3.8, 4) is 0 Å². The summed E-state index contributed by atoms with van der Waals surface area (Å²) in [5, 5.41) is 0. The van der Waals surface area contributed by atoms with Gasteiger partial charge in [0.05, 0.1) is 0 Å². The topological polar surface area (TPSA) is 56.4 Å². The second kappa shape index (κ2) is 6.15. The summed E-state index contributed by atoms with van der Waals surface area (Å²) in [6.45, 7) is 6.19. The minimum Gasteiger partial charge on any atom is -0.333 e. The number of fused-ring (bicyclic) bond motifs is 2. The van der Waals surface area contributed by atoms with Gasteiger partial charge in [-0.2, -0.15) is 0 Å². The number of piperazine rings is 1. The number of aromatic amines is 1. The molecule has 0 unspecified atom stereocenters. The zero-order valence-electron chi connectivity index (χ0n) is 14.7. The maximum Gasteiger partial charge on any atom is 0.261 e. The number of carbonyl (C=O) groups is 1. The molecule has 4 rings (SSSR count). The van der Waals surface area contributed by atoms with Crippen LogP contribution in [-0.2, 0) is 6.54 Å². The monoisotopic (exact) mass is 337 g/mol. The van der Waals surface area contributed by atoms with Crippen molar-refractivity contribution in [3.05, 3.63) is 69.1 Å². The third-order valence-corrected chi connectivity index (χ3v) is 5.42. The van der Waals surface area contributed by atoms with Gasteiger partial charge in [-0.05, 0) is 37.5 Å². The Balaban J connectivity index is 1.49. The molecular weight excluding hydrogens is 314 g/mol. The third-order valence-electron chi connectivity index (χ3n) is 5.42. The van der Waals surface area contributed by atoms with E-state index in [9.17, 15) is 9.59 Å². The lowest BCUT2D eigenvalue weighted by atomic mass is 10.1. The molecule has 2 fully saturated rings. The zero-order valence-corrected chi connectivity index (χ0v) is 14.7. The highest BCUT2D eigenvalue weighted by molar-refractivity contribution is 5.95. The molecule has 1 amide bonds. The molecule has 0 spiro atoms. The zero-order chi connectivity index (χ0) is 17.6. The summed E-state index contributed by atoms with van der Waals surface area (Å²) in [6.07, 6.45) is 1.00. The van der Waals surface area contributed by atoms with E-state index in [4.69, 9.17) is 0 Å². The number of likely N-dealkylation sites (tertiary alicyclic amines) is 2. The van der Waals surface area contributed by atoms with Crippen molar-refractivity contribution in [1.82, 2.24) is 14.8 Å². The Kier molecular flexibility index (Phi) is 3.96. The number of nitrogens with one attached hydrogen (secondary N) is 1. The van der Waals surface area contributed by atoms with E-state index in [1.54, 1.807) is 0 Å². The summed E-state index contributed by atoms with van der Waals surface area (Å²) in [5.41, 5.74) is 2.88. The molecule has 3 heterocycles. The predicted octanol–water partition coefficient (Wildman–Crippen LogP) is 2.09. The van der Waals surface area contributed by atoms with Crippen LogP contribution in [0.3, 0.4) is 0 Å². The average molecular weight is 337 g/mol. The molecule has 2 saturated heterocycles. The SMILES string of the molecule is Cc1cc(C)c(C(=O)N2C[C@@H]3C[C@H]2CN3Cc2ccccc2)c(=O)[nH]1. The van der Waals surface area contributed by atoms with Crippen molar-refractivity contribution in [1.29, 1.82) is 0 Å². The smallest absolute Gasteiger partial charge is 0.261 e. The van der Waals surface area contributed by atoms with Gasteiger partial charge in [0.25, 0.3) is 11.5 Å². The standard InChI is InChI=1S/C20H23N3O2/c1-13-8-14(2)21-19(24)18(13)20(25)23-12-16-9-17(23)11-22(16)10-15-6-4-3-5-7-15/h3-8,16-17H,9-12H2,1-2H3,(H,21,24)/t16-,17-/m0/s1. The van der Waals surface area contributed by atoms with E-state index >= 15 is 0 Å². The average Bonchev–Trinajstić information content (AvgIpc) is 3.15. The van der Waals surface area contributed by atoms with Crippen molar-refractivity contribution < 1.29 is 4.79 Å². The fourth-order valence-electron chi connectivity index (χ4n) is 4.27. The van der Waals surface area contributed by atoms with Crippen LogP contribution >= 0.6 is 0 Å². The number of amides is 1. The summed E-state index contributed by atoms with van der Waals surface area (Å²) in [6, 6.07) is 12.9. The van der Waals surface area contributed by atoms with Gasteiger partial charge in [-0.15, -0.1) is 0 Å². The summed E-state index contributed by atoms with van der Waals surface area (Å²) in [7, 11) is 0. The van der Waals surface area contributed by atoms with Crippen LogP contribution in [0.4, 0.5) is 0 Å². The second-order valence-electron chi connectivity index (χ2n) is 7.26. The van der Waals surface area contributed by atoms with Gasteiger partial charge in [-0.1, -0.05) is 30.3 Å². The van der Waals surface area contributed by atoms with E-state index in [-0.39, 0.29) is 17.5 Å². The van der Waals surface area contributed by atoms with E-state index in [0.717, 1.165) is 30.8 Å². The highest BCUT2D eigenvalue weighted by atomic mass is 16.2. The fraction of sp³-hybridized carbons (Fsp3) is 0.400. The first kappa shape index (κ1) is 16.1. The molecule has 2 aliphatic rings. The minimum atomic E-state index is -0.272. The van der Waals surface area contributed by atoms with E-state index in [1.165, 1.54) is 5.56 Å². The van der Waals surface area contributed by atoms with E-state index in [2.05, 4.69) is 34.1 Å². The Morgan fingerprint density at radius 1 is 1.16 bits per heavy atom. The van der Waals surface area contributed by atoms with Crippen molar-refractivity contribution in [2.24, 2.45) is 0 Å². The lowest BCUT2D eigenvalue weighted by Gasteiger charge is -2.34. The molecule has 0 radical (unpaired) electrons. The van der Waals surface area contributed by atoms with Crippen LogP contribution in [0, 0.1) is 13.8 Å². The minimum absolute atomic E-state index is 0.120. The summed E-state index contributed by atoms with van der Waals surface area (Å²) in [5.74, 6) is -0.120. The van der Waals surface area contributed by atoms with Crippen LogP contribution in [0.5, 0.6) is 0 Å². The first-order chi connectivity index (χ1) is 12.0. The van der Waals surface area contributed by atoms with Crippen LogP contribution in [0.1, 0.15) is 33.6 Å². The van der Waals surface area contributed by atoms with Crippen LogP contribution in [0.2, 0.25) is 0 Å². The number of nitrogens with zero attached hydrogens (tertiary/aromatic N) is 2. The van der Waals surface area contributed by atoms with Gasteiger partial charge in [-0.3, -0.25) is 14.5 Å². The van der Waals surface area contributed by atoms with Gasteiger partial charge in [0.15, 0.2) is 0 Å². The fourth-order valence-corrected chi connectivity index (χ4v) is 4.27. The quantitative estimate of drug-likeness (QED) is 0.933. The lowest BCUT2D eigenvalue weighted by Crippen LogP contribution is -2.49. The maximum atomic E-state index is 12.9. The number of aryl methyl sites for hydroxylation is 2. The second-order valence-corrected chi connectivity index (χ2v) is 7.26. The van der Waals surface area contributed by atoms with Crippen molar-refractivity contribution in [2.45, 2.75) is 38.9 Å². The molecule has 2 atom stereocenters. The van der Waals surface area contributed by atoms with Gasteiger partial charge in [0, 0.05) is 37.4 Å². The van der Waals surface area contributed by atoms with E-state index in [0.29, 0.717) is 18.2 Å². The van der Waals surface area contributed by atoms with Crippen LogP contribution < -0.4 is 5.56 Å². The summed E-state index contributed by atoms with van der Waals surface area (Å²) >= 11 is 0. The van der Waals surface area contributed by atoms with Crippen molar-refractivity contribution >= 4 is 5.91 Å². The molecule has 130 valence electrons. The summed E-state index contributed by atoms with van der Waals surface area (Å²) in [4.78, 5) is 32.3. The van der Waals surface area contributed by atoms with Gasteiger partial charge in [-0.25, -0.2) is 0 Å². The number of carbonyl (C=O) groups excluding carboxylic acids is 1. The molecule has 0 saturated carbocycles. The number of hydrogen-bond acceptors (Lipinski definition) is 3. The van der Waals surface area contributed by atoms with Crippen LogP contribution in [0.25, 0.3) is 0 Å². The van der Waals surface area contributed by atoms with Gasteiger partial charge in [0.2, 0.25) is 0 Å². The number of benzene rings is 1. The Hall–Kier alpha value is -2.40. The lowest BCUT2D eigenvalue weighted by molar-refractivity contribution is 0.0613. The van der Waals surface area contributed by atoms with Crippen molar-refractivity contribution in [2.75, 3.05) is 13.1 Å². The van der Waals surface area contributed by atoms with Gasteiger partial charge >= 0.3 is 0 Å². The number of pyridine rings is 1. The number of H-pyrrole nitrogens is 1. The molecule has 0 aliphatic carbocycles. The van der Waals surface area contributed by atoms with E-state index in [1.807, 2.05) is 30.9 Å². The first-order valence-corrected chi connectivity index (χ1v) is 8.82. The summed E-state index contributed by atoms with van der Waals surface area (Å²) < 4.78 is 0. The molecule has 1 N–H and O–H groups in total. The van der Waals surface area contributed by atoms with Gasteiger partial charge in [0.1, 0.15) is 5.56 Å². The number of hydrogen-bond donors (Lipinski definition) is 1. The molecule has 2 aromatic rings. The Morgan fingerprint density at radius 2 is 1.92 bits per heavy atom. The molecule has 1 aromatic carbocycles. The maximum absolute atomic E-state index is 12.9. The van der Waals surface area contributed by atoms with Crippen LogP contribution in [-0.4, -0.2) is 45.9 Å². The molecule has 1 aromatic heterocycles. The largest absolute Gasteiger partial charge is 0.333 e. The molecule has 2 bridgehead atoms. The van der Waals surface area contributed by atoms with Crippen molar-refractivity contribution in [3.63, 3.8) is 0 Å². The molecule has 25 heavy (non-hydrogen) atoms. The molecule has 5 heteroatoms. The van der Waals surface area contributed by atoms with E-state index < -0.39 is 0 Å². The normalized spacial score (nSPS) is 22.6. The highest BCUT2D eigenvalue weighted by Gasteiger charge is 2.45. The van der Waals surface area contributed by atoms with Crippen LogP contribution in [0.15, 0.2) is 41.2 Å².